The number of aromatic nitrogens is 2. The monoisotopic (exact) mass is 244 g/mol. The summed E-state index contributed by atoms with van der Waals surface area (Å²) in [5.41, 5.74) is 6.49. The van der Waals surface area contributed by atoms with Crippen molar-refractivity contribution in [2.24, 2.45) is 5.84 Å². The minimum atomic E-state index is -0.0708. The van der Waals surface area contributed by atoms with Gasteiger partial charge in [-0.1, -0.05) is 29.3 Å². The van der Waals surface area contributed by atoms with Crippen LogP contribution in [0, 0.1) is 13.8 Å². The fraction of sp³-hybridized carbons (Fsp3) is 0.357. The number of hydrazine groups is 1. The summed E-state index contributed by atoms with van der Waals surface area (Å²) in [5.74, 6) is 6.67. The Morgan fingerprint density at radius 1 is 1.28 bits per heavy atom. The van der Waals surface area contributed by atoms with Gasteiger partial charge in [-0.15, -0.1) is 0 Å². The van der Waals surface area contributed by atoms with Gasteiger partial charge in [0, 0.05) is 18.9 Å². The van der Waals surface area contributed by atoms with E-state index < -0.39 is 0 Å². The quantitative estimate of drug-likeness (QED) is 0.639. The van der Waals surface area contributed by atoms with Gasteiger partial charge >= 0.3 is 0 Å². The number of nitrogens with one attached hydrogen (secondary N) is 1. The Morgan fingerprint density at radius 3 is 2.50 bits per heavy atom. The van der Waals surface area contributed by atoms with Crippen molar-refractivity contribution >= 4 is 0 Å². The van der Waals surface area contributed by atoms with Crippen LogP contribution >= 0.6 is 0 Å². The predicted octanol–water partition coefficient (Wildman–Crippen LogP) is 2.07. The maximum atomic E-state index is 5.72. The van der Waals surface area contributed by atoms with Crippen molar-refractivity contribution in [3.8, 4) is 0 Å². The highest BCUT2D eigenvalue weighted by Crippen LogP contribution is 2.22. The molecule has 3 N–H and O–H groups in total. The molecule has 1 unspecified atom stereocenters. The van der Waals surface area contributed by atoms with E-state index in [0.717, 1.165) is 17.9 Å². The van der Waals surface area contributed by atoms with E-state index in [-0.39, 0.29) is 6.04 Å². The second kappa shape index (κ2) is 5.33. The molecule has 0 aliphatic carbocycles. The summed E-state index contributed by atoms with van der Waals surface area (Å²) in [6, 6.07) is 6.38. The van der Waals surface area contributed by atoms with Gasteiger partial charge in [0.1, 0.15) is 11.9 Å². The maximum absolute atomic E-state index is 5.72. The Bertz CT molecular complexity index is 510. The van der Waals surface area contributed by atoms with Crippen molar-refractivity contribution in [2.45, 2.75) is 33.4 Å². The van der Waals surface area contributed by atoms with Crippen molar-refractivity contribution in [1.29, 1.82) is 0 Å². The zero-order valence-corrected chi connectivity index (χ0v) is 11.1. The van der Waals surface area contributed by atoms with E-state index in [0.29, 0.717) is 0 Å². The lowest BCUT2D eigenvalue weighted by Gasteiger charge is -2.18. The Balaban J connectivity index is 2.45. The van der Waals surface area contributed by atoms with E-state index in [1.807, 2.05) is 12.4 Å². The second-order valence-corrected chi connectivity index (χ2v) is 4.59. The number of benzene rings is 1. The first-order valence-electron chi connectivity index (χ1n) is 6.21. The van der Waals surface area contributed by atoms with E-state index in [2.05, 4.69) is 53.9 Å². The van der Waals surface area contributed by atoms with Crippen LogP contribution < -0.4 is 11.3 Å². The largest absolute Gasteiger partial charge is 0.334 e. The number of aryl methyl sites for hydroxylation is 3. The van der Waals surface area contributed by atoms with Crippen LogP contribution in [0.3, 0.4) is 0 Å². The average Bonchev–Trinajstić information content (AvgIpc) is 2.77. The van der Waals surface area contributed by atoms with Crippen LogP contribution in [0.4, 0.5) is 0 Å². The molecule has 1 atom stereocenters. The van der Waals surface area contributed by atoms with E-state index >= 15 is 0 Å². The standard InChI is InChI=1S/C14H20N4/c1-4-18-6-5-16-14(18)13(17-15)12-8-10(2)7-11(3)9-12/h5-9,13,17H,4,15H2,1-3H3. The Morgan fingerprint density at radius 2 is 1.94 bits per heavy atom. The van der Waals surface area contributed by atoms with Crippen molar-refractivity contribution in [1.82, 2.24) is 15.0 Å². The molecule has 0 aliphatic rings. The van der Waals surface area contributed by atoms with Gasteiger partial charge in [-0.2, -0.15) is 0 Å². The van der Waals surface area contributed by atoms with Crippen molar-refractivity contribution in [3.63, 3.8) is 0 Å². The smallest absolute Gasteiger partial charge is 0.131 e. The van der Waals surface area contributed by atoms with Crippen LogP contribution in [0.5, 0.6) is 0 Å². The van der Waals surface area contributed by atoms with E-state index in [9.17, 15) is 0 Å². The van der Waals surface area contributed by atoms with Gasteiger partial charge < -0.3 is 4.57 Å². The fourth-order valence-corrected chi connectivity index (χ4v) is 2.34. The number of imidazole rings is 1. The van der Waals surface area contributed by atoms with E-state index in [1.165, 1.54) is 11.1 Å². The van der Waals surface area contributed by atoms with Crippen LogP contribution in [-0.4, -0.2) is 9.55 Å². The lowest BCUT2D eigenvalue weighted by molar-refractivity contribution is 0.560. The molecule has 0 bridgehead atoms. The number of rotatable bonds is 4. The van der Waals surface area contributed by atoms with Crippen LogP contribution in [0.2, 0.25) is 0 Å². The summed E-state index contributed by atoms with van der Waals surface area (Å²) in [4.78, 5) is 4.41. The zero-order valence-electron chi connectivity index (χ0n) is 11.1. The van der Waals surface area contributed by atoms with Gasteiger partial charge in [0.25, 0.3) is 0 Å². The normalized spacial score (nSPS) is 12.7. The first kappa shape index (κ1) is 12.8. The SMILES string of the molecule is CCn1ccnc1C(NN)c1cc(C)cc(C)c1. The lowest BCUT2D eigenvalue weighted by atomic mass is 10.0. The highest BCUT2D eigenvalue weighted by molar-refractivity contribution is 5.33. The van der Waals surface area contributed by atoms with Gasteiger partial charge in [0.15, 0.2) is 0 Å². The molecule has 0 amide bonds. The molecule has 4 heteroatoms. The average molecular weight is 244 g/mol. The molecule has 18 heavy (non-hydrogen) atoms. The lowest BCUT2D eigenvalue weighted by Crippen LogP contribution is -2.31. The molecule has 4 nitrogen and oxygen atoms in total. The summed E-state index contributed by atoms with van der Waals surface area (Å²) >= 11 is 0. The Kier molecular flexibility index (Phi) is 3.79. The molecule has 1 heterocycles. The summed E-state index contributed by atoms with van der Waals surface area (Å²) in [6.07, 6.45) is 3.79. The van der Waals surface area contributed by atoms with Gasteiger partial charge in [0.05, 0.1) is 0 Å². The molecule has 96 valence electrons. The van der Waals surface area contributed by atoms with Gasteiger partial charge in [-0.25, -0.2) is 10.4 Å². The minimum Gasteiger partial charge on any atom is -0.334 e. The topological polar surface area (TPSA) is 55.9 Å². The first-order valence-corrected chi connectivity index (χ1v) is 6.21. The highest BCUT2D eigenvalue weighted by Gasteiger charge is 2.17. The third-order valence-corrected chi connectivity index (χ3v) is 3.09. The van der Waals surface area contributed by atoms with Crippen LogP contribution in [0.25, 0.3) is 0 Å². The zero-order chi connectivity index (χ0) is 13.1. The summed E-state index contributed by atoms with van der Waals surface area (Å²) in [5, 5.41) is 0. The molecule has 0 radical (unpaired) electrons. The van der Waals surface area contributed by atoms with Gasteiger partial charge in [-0.3, -0.25) is 5.84 Å². The van der Waals surface area contributed by atoms with Gasteiger partial charge in [0.2, 0.25) is 0 Å². The van der Waals surface area contributed by atoms with E-state index in [1.54, 1.807) is 0 Å². The molecule has 2 rings (SSSR count). The molecule has 1 aromatic heterocycles. The third-order valence-electron chi connectivity index (χ3n) is 3.09. The van der Waals surface area contributed by atoms with Gasteiger partial charge in [-0.05, 0) is 26.3 Å². The molecule has 0 spiro atoms. The highest BCUT2D eigenvalue weighted by atomic mass is 15.3. The third kappa shape index (κ3) is 2.44. The summed E-state index contributed by atoms with van der Waals surface area (Å²) in [7, 11) is 0. The first-order chi connectivity index (χ1) is 8.65. The van der Waals surface area contributed by atoms with Crippen molar-refractivity contribution in [2.75, 3.05) is 0 Å². The second-order valence-electron chi connectivity index (χ2n) is 4.59. The fourth-order valence-electron chi connectivity index (χ4n) is 2.34. The molecule has 0 fully saturated rings. The summed E-state index contributed by atoms with van der Waals surface area (Å²) < 4.78 is 2.10. The molecule has 1 aromatic carbocycles. The number of nitrogens with two attached hydrogens (primary N) is 1. The number of hydrogen-bond acceptors (Lipinski definition) is 3. The van der Waals surface area contributed by atoms with Crippen molar-refractivity contribution < 1.29 is 0 Å². The van der Waals surface area contributed by atoms with E-state index in [4.69, 9.17) is 5.84 Å². The number of nitrogens with zero attached hydrogens (tertiary/aromatic N) is 2. The molecule has 2 aromatic rings. The maximum Gasteiger partial charge on any atom is 0.131 e. The predicted molar refractivity (Wildman–Crippen MR) is 73.0 cm³/mol. The van der Waals surface area contributed by atoms with Crippen molar-refractivity contribution in [3.05, 3.63) is 53.1 Å². The molecule has 0 saturated carbocycles. The molecular weight excluding hydrogens is 224 g/mol. The number of hydrogen-bond donors (Lipinski definition) is 2. The molecular formula is C14H20N4. The summed E-state index contributed by atoms with van der Waals surface area (Å²) in [6.45, 7) is 7.17. The Labute approximate surface area is 108 Å². The minimum absolute atomic E-state index is 0.0708. The Hall–Kier alpha value is -1.65. The van der Waals surface area contributed by atoms with Crippen LogP contribution in [0.15, 0.2) is 30.6 Å². The van der Waals surface area contributed by atoms with Crippen LogP contribution in [0.1, 0.15) is 35.5 Å². The molecule has 0 aliphatic heterocycles. The van der Waals surface area contributed by atoms with Crippen LogP contribution in [-0.2, 0) is 6.54 Å². The molecule has 0 saturated heterocycles.